The molecule has 0 saturated heterocycles. The fourth-order valence-electron chi connectivity index (χ4n) is 3.82. The molecule has 0 aliphatic heterocycles. The number of hydrogen-bond donors (Lipinski definition) is 1. The molecule has 0 radical (unpaired) electrons. The van der Waals surface area contributed by atoms with Crippen molar-refractivity contribution >= 4 is 32.3 Å². The number of pyridine rings is 1. The number of fused-ring (bicyclic) bond motifs is 1. The molecule has 1 aromatic heterocycles. The molecule has 0 aliphatic carbocycles. The first-order valence-corrected chi connectivity index (χ1v) is 12.5. The number of benzene rings is 3. The Hall–Kier alpha value is -4.11. The maximum Gasteiger partial charge on any atom is 0.256 e. The number of rotatable bonds is 7. The van der Waals surface area contributed by atoms with E-state index in [2.05, 4.69) is 5.32 Å². The summed E-state index contributed by atoms with van der Waals surface area (Å²) in [7, 11) is 1.02. The molecule has 0 atom stereocenters. The van der Waals surface area contributed by atoms with Gasteiger partial charge in [-0.15, -0.1) is 0 Å². The van der Waals surface area contributed by atoms with Crippen LogP contribution in [0.15, 0.2) is 71.6 Å². The first-order chi connectivity index (χ1) is 16.8. The van der Waals surface area contributed by atoms with Crippen LogP contribution in [0.5, 0.6) is 17.2 Å². The van der Waals surface area contributed by atoms with Crippen molar-refractivity contribution in [1.29, 1.82) is 0 Å². The average Bonchev–Trinajstić information content (AvgIpc) is 2.86. The van der Waals surface area contributed by atoms with Crippen LogP contribution in [-0.2, 0) is 9.84 Å². The molecule has 0 saturated carbocycles. The molecule has 0 unspecified atom stereocenters. The number of nitrogens with zero attached hydrogens (tertiary/aromatic N) is 1. The first kappa shape index (κ1) is 24.0. The topological polar surface area (TPSA) is 104 Å². The summed E-state index contributed by atoms with van der Waals surface area (Å²) in [4.78, 5) is 18.2. The van der Waals surface area contributed by atoms with Crippen molar-refractivity contribution in [1.82, 2.24) is 4.98 Å². The Kier molecular flexibility index (Phi) is 6.61. The van der Waals surface area contributed by atoms with E-state index in [0.717, 1.165) is 6.26 Å². The predicted molar refractivity (Wildman–Crippen MR) is 134 cm³/mol. The molecular formula is C26H24N2O6S. The summed E-state index contributed by atoms with van der Waals surface area (Å²) in [6, 6.07) is 18.7. The summed E-state index contributed by atoms with van der Waals surface area (Å²) >= 11 is 0. The van der Waals surface area contributed by atoms with Gasteiger partial charge >= 0.3 is 0 Å². The molecule has 8 nitrogen and oxygen atoms in total. The molecule has 1 amide bonds. The van der Waals surface area contributed by atoms with E-state index in [1.54, 1.807) is 48.5 Å². The van der Waals surface area contributed by atoms with E-state index in [1.807, 2.05) is 12.1 Å². The third kappa shape index (κ3) is 4.76. The number of para-hydroxylation sites is 2. The average molecular weight is 493 g/mol. The molecule has 9 heteroatoms. The lowest BCUT2D eigenvalue weighted by atomic mass is 10.0. The van der Waals surface area contributed by atoms with Gasteiger partial charge in [-0.2, -0.15) is 0 Å². The number of sulfone groups is 1. The van der Waals surface area contributed by atoms with Crippen molar-refractivity contribution in [3.05, 3.63) is 72.3 Å². The Morgan fingerprint density at radius 1 is 0.857 bits per heavy atom. The molecule has 180 valence electrons. The van der Waals surface area contributed by atoms with Crippen LogP contribution in [0.3, 0.4) is 0 Å². The second kappa shape index (κ2) is 9.63. The monoisotopic (exact) mass is 492 g/mol. The van der Waals surface area contributed by atoms with Crippen LogP contribution in [0, 0.1) is 0 Å². The quantitative estimate of drug-likeness (QED) is 0.403. The van der Waals surface area contributed by atoms with Crippen molar-refractivity contribution in [2.75, 3.05) is 32.9 Å². The molecule has 0 bridgehead atoms. The number of aromatic nitrogens is 1. The largest absolute Gasteiger partial charge is 0.493 e. The summed E-state index contributed by atoms with van der Waals surface area (Å²) in [5, 5.41) is 3.38. The summed E-state index contributed by atoms with van der Waals surface area (Å²) in [5.74, 6) is 0.873. The van der Waals surface area contributed by atoms with Gasteiger partial charge < -0.3 is 19.5 Å². The van der Waals surface area contributed by atoms with Gasteiger partial charge in [-0.1, -0.05) is 30.3 Å². The lowest BCUT2D eigenvalue weighted by Crippen LogP contribution is -2.15. The van der Waals surface area contributed by atoms with Crippen molar-refractivity contribution in [3.63, 3.8) is 0 Å². The number of nitrogens with one attached hydrogen (secondary N) is 1. The zero-order valence-electron chi connectivity index (χ0n) is 19.7. The van der Waals surface area contributed by atoms with Gasteiger partial charge in [-0.3, -0.25) is 4.79 Å². The Bertz CT molecular complexity index is 1510. The Morgan fingerprint density at radius 2 is 1.49 bits per heavy atom. The molecule has 0 spiro atoms. The molecule has 1 heterocycles. The van der Waals surface area contributed by atoms with E-state index in [-0.39, 0.29) is 10.6 Å². The van der Waals surface area contributed by atoms with E-state index in [0.29, 0.717) is 45.0 Å². The van der Waals surface area contributed by atoms with Crippen molar-refractivity contribution in [3.8, 4) is 28.5 Å². The predicted octanol–water partition coefficient (Wildman–Crippen LogP) is 4.58. The van der Waals surface area contributed by atoms with Crippen LogP contribution in [0.4, 0.5) is 5.69 Å². The minimum absolute atomic E-state index is 0.0385. The number of amides is 1. The van der Waals surface area contributed by atoms with Crippen molar-refractivity contribution < 1.29 is 27.4 Å². The van der Waals surface area contributed by atoms with E-state index in [4.69, 9.17) is 19.2 Å². The highest BCUT2D eigenvalue weighted by Crippen LogP contribution is 2.41. The van der Waals surface area contributed by atoms with E-state index in [1.165, 1.54) is 27.4 Å². The van der Waals surface area contributed by atoms with Gasteiger partial charge in [0.1, 0.15) is 0 Å². The van der Waals surface area contributed by atoms with Crippen LogP contribution < -0.4 is 19.5 Å². The highest BCUT2D eigenvalue weighted by Gasteiger charge is 2.20. The number of ether oxygens (including phenoxy) is 3. The van der Waals surface area contributed by atoms with Crippen LogP contribution in [0.1, 0.15) is 10.4 Å². The van der Waals surface area contributed by atoms with Crippen LogP contribution in [0.25, 0.3) is 22.2 Å². The third-order valence-electron chi connectivity index (χ3n) is 5.46. The van der Waals surface area contributed by atoms with E-state index < -0.39 is 15.7 Å². The summed E-state index contributed by atoms with van der Waals surface area (Å²) < 4.78 is 40.7. The molecule has 4 aromatic rings. The SMILES string of the molecule is COc1cc(-c2cc(C(=O)Nc3ccccc3S(C)(=O)=O)c3ccccc3n2)cc(OC)c1OC. The lowest BCUT2D eigenvalue weighted by Gasteiger charge is -2.15. The van der Waals surface area contributed by atoms with Gasteiger partial charge in [-0.05, 0) is 36.4 Å². The van der Waals surface area contributed by atoms with E-state index >= 15 is 0 Å². The van der Waals surface area contributed by atoms with Crippen LogP contribution in [0.2, 0.25) is 0 Å². The van der Waals surface area contributed by atoms with Gasteiger partial charge in [0.2, 0.25) is 5.75 Å². The first-order valence-electron chi connectivity index (χ1n) is 10.6. The normalized spacial score (nSPS) is 11.2. The molecular weight excluding hydrogens is 468 g/mol. The lowest BCUT2D eigenvalue weighted by molar-refractivity contribution is 0.102. The van der Waals surface area contributed by atoms with Crippen LogP contribution >= 0.6 is 0 Å². The molecule has 3 aromatic carbocycles. The minimum Gasteiger partial charge on any atom is -0.493 e. The highest BCUT2D eigenvalue weighted by atomic mass is 32.2. The Labute approximate surface area is 203 Å². The highest BCUT2D eigenvalue weighted by molar-refractivity contribution is 7.90. The van der Waals surface area contributed by atoms with Gasteiger partial charge in [0.25, 0.3) is 5.91 Å². The van der Waals surface area contributed by atoms with Gasteiger partial charge in [-0.25, -0.2) is 13.4 Å². The van der Waals surface area contributed by atoms with Gasteiger partial charge in [0.15, 0.2) is 21.3 Å². The Morgan fingerprint density at radius 3 is 2.11 bits per heavy atom. The van der Waals surface area contributed by atoms with E-state index in [9.17, 15) is 13.2 Å². The Balaban J connectivity index is 1.87. The number of carbonyl (C=O) groups is 1. The van der Waals surface area contributed by atoms with Crippen molar-refractivity contribution in [2.45, 2.75) is 4.90 Å². The zero-order chi connectivity index (χ0) is 25.2. The molecule has 35 heavy (non-hydrogen) atoms. The fraction of sp³-hybridized carbons (Fsp3) is 0.154. The third-order valence-corrected chi connectivity index (χ3v) is 6.61. The van der Waals surface area contributed by atoms with Gasteiger partial charge in [0, 0.05) is 17.2 Å². The summed E-state index contributed by atoms with van der Waals surface area (Å²) in [6.45, 7) is 0. The maximum atomic E-state index is 13.4. The number of carbonyl (C=O) groups excluding carboxylic acids is 1. The smallest absolute Gasteiger partial charge is 0.256 e. The summed E-state index contributed by atoms with van der Waals surface area (Å²) in [5.41, 5.74) is 2.29. The molecule has 4 rings (SSSR count). The molecule has 0 aliphatic rings. The molecule has 0 fully saturated rings. The second-order valence-corrected chi connectivity index (χ2v) is 9.69. The second-order valence-electron chi connectivity index (χ2n) is 7.71. The van der Waals surface area contributed by atoms with Gasteiger partial charge in [0.05, 0.1) is 48.7 Å². The standard InChI is InChI=1S/C26H24N2O6S/c1-32-22-13-16(14-23(33-2)25(22)34-3)21-15-18(17-9-5-6-10-19(17)27-21)26(29)28-20-11-7-8-12-24(20)35(4,30)31/h5-15H,1-4H3,(H,28,29). The zero-order valence-corrected chi connectivity index (χ0v) is 20.5. The fourth-order valence-corrected chi connectivity index (χ4v) is 4.67. The number of methoxy groups -OCH3 is 3. The van der Waals surface area contributed by atoms with Crippen molar-refractivity contribution in [2.24, 2.45) is 0 Å². The molecule has 1 N–H and O–H groups in total. The number of anilines is 1. The minimum atomic E-state index is -3.54. The number of hydrogen-bond acceptors (Lipinski definition) is 7. The maximum absolute atomic E-state index is 13.4. The van der Waals surface area contributed by atoms with Crippen LogP contribution in [-0.4, -0.2) is 46.9 Å². The summed E-state index contributed by atoms with van der Waals surface area (Å²) in [6.07, 6.45) is 1.10.